The van der Waals surface area contributed by atoms with Crippen LogP contribution in [0.3, 0.4) is 0 Å². The molecular formula is C28H32N2O6S. The number of nitrogens with zero attached hydrogens (tertiary/aromatic N) is 1. The molecule has 0 aliphatic carbocycles. The van der Waals surface area contributed by atoms with Crippen molar-refractivity contribution < 1.29 is 28.4 Å². The van der Waals surface area contributed by atoms with Crippen LogP contribution in [0.4, 0.5) is 5.69 Å². The van der Waals surface area contributed by atoms with Gasteiger partial charge in [0.2, 0.25) is 0 Å². The van der Waals surface area contributed by atoms with E-state index in [-0.39, 0.29) is 6.04 Å². The van der Waals surface area contributed by atoms with Gasteiger partial charge in [0.1, 0.15) is 29.6 Å². The van der Waals surface area contributed by atoms with Crippen LogP contribution in [0, 0.1) is 0 Å². The van der Waals surface area contributed by atoms with Crippen molar-refractivity contribution in [2.24, 2.45) is 0 Å². The van der Waals surface area contributed by atoms with E-state index in [1.807, 2.05) is 54.6 Å². The summed E-state index contributed by atoms with van der Waals surface area (Å²) >= 11 is 5.91. The summed E-state index contributed by atoms with van der Waals surface area (Å²) < 4.78 is 33.6. The molecule has 0 radical (unpaired) electrons. The molecule has 0 bridgehead atoms. The van der Waals surface area contributed by atoms with Crippen molar-refractivity contribution in [3.63, 3.8) is 0 Å². The van der Waals surface area contributed by atoms with Crippen LogP contribution in [0.25, 0.3) is 0 Å². The largest absolute Gasteiger partial charge is 0.497 e. The van der Waals surface area contributed by atoms with Crippen LogP contribution >= 0.6 is 12.2 Å². The van der Waals surface area contributed by atoms with E-state index in [2.05, 4.69) is 10.2 Å². The topological polar surface area (TPSA) is 70.7 Å². The smallest absolute Gasteiger partial charge is 0.174 e. The minimum atomic E-state index is -0.178. The highest BCUT2D eigenvalue weighted by atomic mass is 32.1. The maximum absolute atomic E-state index is 6.24. The van der Waals surface area contributed by atoms with Gasteiger partial charge in [-0.1, -0.05) is 0 Å². The molecule has 9 heteroatoms. The maximum atomic E-state index is 6.24. The minimum absolute atomic E-state index is 0.178. The molecule has 3 aromatic carbocycles. The standard InChI is InChI=1S/C28H32N2O6S/c1-31-19-6-8-20(9-7-19)36-17-24-22-16-27(35-5)26(34-4)14-18(22)12-13-30(24)28(37)29-23-15-21(32-2)10-11-25(23)33-3/h6-11,14-16,24H,12-13,17H2,1-5H3,(H,29,37). The van der Waals surface area contributed by atoms with Crippen molar-refractivity contribution >= 4 is 23.0 Å². The molecule has 37 heavy (non-hydrogen) atoms. The SMILES string of the molecule is COc1ccc(OCC2c3cc(OC)c(OC)cc3CCN2C(=S)Nc2cc(OC)ccc2OC)cc1. The first-order chi connectivity index (χ1) is 18.0. The Morgan fingerprint density at radius 2 is 1.41 bits per heavy atom. The number of ether oxygens (including phenoxy) is 6. The highest BCUT2D eigenvalue weighted by Crippen LogP contribution is 2.39. The van der Waals surface area contributed by atoms with Crippen molar-refractivity contribution in [1.82, 2.24) is 4.90 Å². The van der Waals surface area contributed by atoms with Crippen molar-refractivity contribution in [1.29, 1.82) is 0 Å². The first-order valence-corrected chi connectivity index (χ1v) is 12.2. The third-order valence-corrected chi connectivity index (χ3v) is 6.72. The van der Waals surface area contributed by atoms with Gasteiger partial charge in [0.25, 0.3) is 0 Å². The van der Waals surface area contributed by atoms with Crippen LogP contribution in [0.1, 0.15) is 17.2 Å². The van der Waals surface area contributed by atoms with Crippen molar-refractivity contribution in [3.8, 4) is 34.5 Å². The molecule has 3 aromatic rings. The molecule has 1 atom stereocenters. The Bertz CT molecular complexity index is 1230. The lowest BCUT2D eigenvalue weighted by Crippen LogP contribution is -2.44. The fraction of sp³-hybridized carbons (Fsp3) is 0.321. The second-order valence-electron chi connectivity index (χ2n) is 8.35. The zero-order valence-electron chi connectivity index (χ0n) is 21.7. The normalized spacial score (nSPS) is 14.3. The number of fused-ring (bicyclic) bond motifs is 1. The van der Waals surface area contributed by atoms with Crippen LogP contribution in [-0.4, -0.2) is 58.7 Å². The van der Waals surface area contributed by atoms with E-state index < -0.39 is 0 Å². The molecule has 4 rings (SSSR count). The molecule has 1 unspecified atom stereocenters. The fourth-order valence-electron chi connectivity index (χ4n) is 4.40. The Labute approximate surface area is 223 Å². The third kappa shape index (κ3) is 5.77. The van der Waals surface area contributed by atoms with Crippen LogP contribution in [0.5, 0.6) is 34.5 Å². The number of nitrogens with one attached hydrogen (secondary N) is 1. The highest BCUT2D eigenvalue weighted by molar-refractivity contribution is 7.80. The Morgan fingerprint density at radius 1 is 0.784 bits per heavy atom. The molecular weight excluding hydrogens is 492 g/mol. The molecule has 1 aliphatic rings. The molecule has 8 nitrogen and oxygen atoms in total. The van der Waals surface area contributed by atoms with Gasteiger partial charge in [0, 0.05) is 12.6 Å². The predicted octanol–water partition coefficient (Wildman–Crippen LogP) is 5.10. The van der Waals surface area contributed by atoms with Gasteiger partial charge in [-0.2, -0.15) is 0 Å². The van der Waals surface area contributed by atoms with Gasteiger partial charge < -0.3 is 38.6 Å². The zero-order valence-corrected chi connectivity index (χ0v) is 22.5. The average molecular weight is 525 g/mol. The predicted molar refractivity (Wildman–Crippen MR) is 147 cm³/mol. The van der Waals surface area contributed by atoms with Gasteiger partial charge in [0.05, 0.1) is 47.3 Å². The molecule has 1 aliphatic heterocycles. The highest BCUT2D eigenvalue weighted by Gasteiger charge is 2.32. The van der Waals surface area contributed by atoms with E-state index >= 15 is 0 Å². The third-order valence-electron chi connectivity index (χ3n) is 6.38. The number of hydrogen-bond acceptors (Lipinski definition) is 7. The fourth-order valence-corrected chi connectivity index (χ4v) is 4.73. The molecule has 0 spiro atoms. The molecule has 0 aromatic heterocycles. The van der Waals surface area contributed by atoms with E-state index in [9.17, 15) is 0 Å². The van der Waals surface area contributed by atoms with E-state index in [0.29, 0.717) is 41.3 Å². The first-order valence-electron chi connectivity index (χ1n) is 11.8. The number of benzene rings is 3. The molecule has 0 saturated heterocycles. The lowest BCUT2D eigenvalue weighted by atomic mass is 9.92. The van der Waals surface area contributed by atoms with E-state index in [0.717, 1.165) is 29.2 Å². The van der Waals surface area contributed by atoms with Gasteiger partial charge in [-0.25, -0.2) is 0 Å². The lowest BCUT2D eigenvalue weighted by molar-refractivity contribution is 0.190. The first kappa shape index (κ1) is 26.2. The second kappa shape index (κ2) is 11.9. The summed E-state index contributed by atoms with van der Waals surface area (Å²) in [4.78, 5) is 2.13. The quantitative estimate of drug-likeness (QED) is 0.385. The van der Waals surface area contributed by atoms with Crippen LogP contribution in [-0.2, 0) is 6.42 Å². The number of rotatable bonds is 9. The van der Waals surface area contributed by atoms with Crippen LogP contribution < -0.4 is 33.7 Å². The summed E-state index contributed by atoms with van der Waals surface area (Å²) in [5, 5.41) is 3.91. The summed E-state index contributed by atoms with van der Waals surface area (Å²) in [6.45, 7) is 1.06. The van der Waals surface area contributed by atoms with Gasteiger partial charge in [-0.05, 0) is 78.3 Å². The van der Waals surface area contributed by atoms with Crippen LogP contribution in [0.15, 0.2) is 54.6 Å². The number of methoxy groups -OCH3 is 5. The molecule has 0 fully saturated rings. The van der Waals surface area contributed by atoms with Crippen molar-refractivity contribution in [3.05, 3.63) is 65.7 Å². The molecule has 1 N–H and O–H groups in total. The molecule has 1 heterocycles. The monoisotopic (exact) mass is 524 g/mol. The summed E-state index contributed by atoms with van der Waals surface area (Å²) in [6, 6.07) is 16.9. The number of hydrogen-bond donors (Lipinski definition) is 1. The number of thiocarbonyl (C=S) groups is 1. The van der Waals surface area contributed by atoms with E-state index in [1.54, 1.807) is 35.5 Å². The zero-order chi connectivity index (χ0) is 26.4. The van der Waals surface area contributed by atoms with Crippen molar-refractivity contribution in [2.75, 3.05) is 54.0 Å². The lowest BCUT2D eigenvalue weighted by Gasteiger charge is -2.39. The average Bonchev–Trinajstić information content (AvgIpc) is 2.95. The van der Waals surface area contributed by atoms with Gasteiger partial charge >= 0.3 is 0 Å². The maximum Gasteiger partial charge on any atom is 0.174 e. The summed E-state index contributed by atoms with van der Waals surface area (Å²) in [6.07, 6.45) is 0.784. The number of anilines is 1. The minimum Gasteiger partial charge on any atom is -0.497 e. The van der Waals surface area contributed by atoms with Crippen LogP contribution in [0.2, 0.25) is 0 Å². The Kier molecular flexibility index (Phi) is 8.45. The Hall–Kier alpha value is -3.85. The molecule has 0 amide bonds. The summed E-state index contributed by atoms with van der Waals surface area (Å²) in [5.74, 6) is 4.23. The van der Waals surface area contributed by atoms with E-state index in [1.165, 1.54) is 5.56 Å². The van der Waals surface area contributed by atoms with Gasteiger partial charge in [-0.3, -0.25) is 0 Å². The van der Waals surface area contributed by atoms with E-state index in [4.69, 9.17) is 40.6 Å². The molecule has 196 valence electrons. The Morgan fingerprint density at radius 3 is 2.05 bits per heavy atom. The summed E-state index contributed by atoms with van der Waals surface area (Å²) in [5.41, 5.74) is 2.96. The summed E-state index contributed by atoms with van der Waals surface area (Å²) in [7, 11) is 8.16. The van der Waals surface area contributed by atoms with Gasteiger partial charge in [-0.15, -0.1) is 0 Å². The molecule has 0 saturated carbocycles. The Balaban J connectivity index is 1.65. The van der Waals surface area contributed by atoms with Crippen molar-refractivity contribution in [2.45, 2.75) is 12.5 Å². The van der Waals surface area contributed by atoms with Gasteiger partial charge in [0.15, 0.2) is 16.6 Å². The second-order valence-corrected chi connectivity index (χ2v) is 8.73.